The highest BCUT2D eigenvalue weighted by Gasteiger charge is 2.24. The Morgan fingerprint density at radius 2 is 2.15 bits per heavy atom. The molecule has 0 saturated carbocycles. The highest BCUT2D eigenvalue weighted by molar-refractivity contribution is 5.75. The minimum absolute atomic E-state index is 0.0416. The van der Waals surface area contributed by atoms with Gasteiger partial charge < -0.3 is 4.74 Å². The lowest BCUT2D eigenvalue weighted by Crippen LogP contribution is -2.23. The third kappa shape index (κ3) is 4.05. The number of rotatable bonds is 3. The standard InChI is InChI=1S/C15H19NO4/c17-15(12-8-10-13(11-9-12)16(18)19)20-14-6-4-2-1-3-5-7-14/h4,6,8,10-12,14H,1-3,5,7,9H2/b6-4+/t12-,14?/m0/s1. The van der Waals surface area contributed by atoms with Crippen molar-refractivity contribution in [1.29, 1.82) is 0 Å². The van der Waals surface area contributed by atoms with Gasteiger partial charge in [-0.05, 0) is 44.3 Å². The summed E-state index contributed by atoms with van der Waals surface area (Å²) in [6.45, 7) is 0. The molecule has 0 fully saturated rings. The van der Waals surface area contributed by atoms with Gasteiger partial charge in [0.1, 0.15) is 6.10 Å². The molecule has 0 aromatic carbocycles. The fraction of sp³-hybridized carbons (Fsp3) is 0.533. The zero-order valence-corrected chi connectivity index (χ0v) is 11.4. The first kappa shape index (κ1) is 14.5. The number of carbonyl (C=O) groups excluding carboxylic acids is 1. The molecule has 2 atom stereocenters. The number of hydrogen-bond donors (Lipinski definition) is 0. The molecule has 20 heavy (non-hydrogen) atoms. The molecular weight excluding hydrogens is 258 g/mol. The summed E-state index contributed by atoms with van der Waals surface area (Å²) < 4.78 is 5.49. The third-order valence-electron chi connectivity index (χ3n) is 3.57. The molecule has 0 radical (unpaired) electrons. The van der Waals surface area contributed by atoms with Gasteiger partial charge in [-0.15, -0.1) is 0 Å². The van der Waals surface area contributed by atoms with E-state index in [1.807, 2.05) is 6.08 Å². The Balaban J connectivity index is 1.88. The van der Waals surface area contributed by atoms with Gasteiger partial charge in [0.25, 0.3) is 5.70 Å². The summed E-state index contributed by atoms with van der Waals surface area (Å²) in [7, 11) is 0. The summed E-state index contributed by atoms with van der Waals surface area (Å²) >= 11 is 0. The van der Waals surface area contributed by atoms with Crippen LogP contribution in [0.3, 0.4) is 0 Å². The molecule has 2 rings (SSSR count). The highest BCUT2D eigenvalue weighted by Crippen LogP contribution is 2.21. The predicted octanol–water partition coefficient (Wildman–Crippen LogP) is 3.16. The number of carbonyl (C=O) groups is 1. The zero-order chi connectivity index (χ0) is 14.4. The summed E-state index contributed by atoms with van der Waals surface area (Å²) in [5.41, 5.74) is 0.0416. The van der Waals surface area contributed by atoms with Crippen molar-refractivity contribution >= 4 is 5.97 Å². The van der Waals surface area contributed by atoms with Crippen LogP contribution in [0.4, 0.5) is 0 Å². The van der Waals surface area contributed by atoms with E-state index < -0.39 is 10.8 Å². The van der Waals surface area contributed by atoms with Gasteiger partial charge in [-0.25, -0.2) is 0 Å². The van der Waals surface area contributed by atoms with E-state index in [0.717, 1.165) is 25.7 Å². The van der Waals surface area contributed by atoms with E-state index >= 15 is 0 Å². The van der Waals surface area contributed by atoms with E-state index in [2.05, 4.69) is 6.08 Å². The molecule has 0 aliphatic heterocycles. The van der Waals surface area contributed by atoms with Gasteiger partial charge in [0.15, 0.2) is 0 Å². The predicted molar refractivity (Wildman–Crippen MR) is 74.4 cm³/mol. The van der Waals surface area contributed by atoms with Crippen LogP contribution in [0.2, 0.25) is 0 Å². The first-order valence-corrected chi connectivity index (χ1v) is 7.07. The van der Waals surface area contributed by atoms with Crippen molar-refractivity contribution in [3.05, 3.63) is 46.2 Å². The topological polar surface area (TPSA) is 69.4 Å². The molecule has 1 unspecified atom stereocenters. The molecule has 0 N–H and O–H groups in total. The number of ether oxygens (including phenoxy) is 1. The first-order valence-electron chi connectivity index (χ1n) is 7.07. The van der Waals surface area contributed by atoms with Crippen LogP contribution in [0.25, 0.3) is 0 Å². The Bertz CT molecular complexity index is 464. The maximum Gasteiger partial charge on any atom is 0.313 e. The fourth-order valence-electron chi connectivity index (χ4n) is 2.38. The average Bonchev–Trinajstić information content (AvgIpc) is 2.41. The second kappa shape index (κ2) is 7.03. The molecule has 0 saturated heterocycles. The van der Waals surface area contributed by atoms with Crippen molar-refractivity contribution in [3.8, 4) is 0 Å². The SMILES string of the molecule is O=C(OC1/C=C/CCCCC1)[C@H]1C=CC([N+](=O)[O-])=CC1. The summed E-state index contributed by atoms with van der Waals surface area (Å²) in [6, 6.07) is 0. The second-order valence-corrected chi connectivity index (χ2v) is 5.13. The second-order valence-electron chi connectivity index (χ2n) is 5.13. The molecule has 108 valence electrons. The Hall–Kier alpha value is -1.91. The number of hydrogen-bond acceptors (Lipinski definition) is 4. The van der Waals surface area contributed by atoms with Crippen molar-refractivity contribution in [2.75, 3.05) is 0 Å². The Morgan fingerprint density at radius 1 is 1.30 bits per heavy atom. The maximum absolute atomic E-state index is 12.0. The smallest absolute Gasteiger partial charge is 0.313 e. The van der Waals surface area contributed by atoms with Gasteiger partial charge in [0.2, 0.25) is 0 Å². The molecule has 0 heterocycles. The lowest BCUT2D eigenvalue weighted by atomic mass is 9.99. The van der Waals surface area contributed by atoms with Crippen LogP contribution in [-0.4, -0.2) is 17.0 Å². The van der Waals surface area contributed by atoms with E-state index in [-0.39, 0.29) is 17.8 Å². The maximum atomic E-state index is 12.0. The number of nitro groups is 1. The first-order chi connectivity index (χ1) is 9.66. The molecule has 2 aliphatic carbocycles. The lowest BCUT2D eigenvalue weighted by Gasteiger charge is -2.19. The van der Waals surface area contributed by atoms with Gasteiger partial charge in [-0.3, -0.25) is 14.9 Å². The van der Waals surface area contributed by atoms with Crippen molar-refractivity contribution in [2.45, 2.75) is 44.6 Å². The van der Waals surface area contributed by atoms with Crippen molar-refractivity contribution in [3.63, 3.8) is 0 Å². The Morgan fingerprint density at radius 3 is 2.85 bits per heavy atom. The van der Waals surface area contributed by atoms with E-state index in [1.165, 1.54) is 18.6 Å². The molecule has 0 amide bonds. The minimum Gasteiger partial charge on any atom is -0.458 e. The van der Waals surface area contributed by atoms with Crippen LogP contribution in [0.1, 0.15) is 38.5 Å². The van der Waals surface area contributed by atoms with Crippen LogP contribution in [-0.2, 0) is 9.53 Å². The van der Waals surface area contributed by atoms with E-state index in [9.17, 15) is 14.9 Å². The molecule has 0 bridgehead atoms. The highest BCUT2D eigenvalue weighted by atomic mass is 16.6. The average molecular weight is 277 g/mol. The fourth-order valence-corrected chi connectivity index (χ4v) is 2.38. The normalized spacial score (nSPS) is 27.9. The monoisotopic (exact) mass is 277 g/mol. The molecule has 2 aliphatic rings. The Kier molecular flexibility index (Phi) is 5.09. The number of esters is 1. The van der Waals surface area contributed by atoms with Crippen LogP contribution >= 0.6 is 0 Å². The quantitative estimate of drug-likeness (QED) is 0.344. The van der Waals surface area contributed by atoms with Gasteiger partial charge in [0.05, 0.1) is 10.8 Å². The largest absolute Gasteiger partial charge is 0.458 e. The van der Waals surface area contributed by atoms with E-state index in [4.69, 9.17) is 4.74 Å². The van der Waals surface area contributed by atoms with Crippen LogP contribution in [0.15, 0.2) is 36.1 Å². The van der Waals surface area contributed by atoms with E-state index in [0.29, 0.717) is 6.42 Å². The molecule has 0 aromatic heterocycles. The molecule has 5 heteroatoms. The summed E-state index contributed by atoms with van der Waals surface area (Å²) in [5.74, 6) is -0.701. The van der Waals surface area contributed by atoms with Crippen LogP contribution in [0.5, 0.6) is 0 Å². The van der Waals surface area contributed by atoms with Crippen LogP contribution in [0, 0.1) is 16.0 Å². The van der Waals surface area contributed by atoms with Crippen LogP contribution < -0.4 is 0 Å². The molecule has 5 nitrogen and oxygen atoms in total. The molecular formula is C15H19NO4. The number of allylic oxidation sites excluding steroid dienone is 3. The summed E-state index contributed by atoms with van der Waals surface area (Å²) in [4.78, 5) is 22.2. The van der Waals surface area contributed by atoms with Gasteiger partial charge in [-0.1, -0.05) is 18.6 Å². The van der Waals surface area contributed by atoms with Crippen molar-refractivity contribution < 1.29 is 14.5 Å². The third-order valence-corrected chi connectivity index (χ3v) is 3.57. The van der Waals surface area contributed by atoms with Crippen molar-refractivity contribution in [2.24, 2.45) is 5.92 Å². The van der Waals surface area contributed by atoms with E-state index in [1.54, 1.807) is 6.08 Å². The minimum atomic E-state index is -0.449. The molecule has 0 aromatic rings. The summed E-state index contributed by atoms with van der Waals surface area (Å²) in [5, 5.41) is 10.6. The van der Waals surface area contributed by atoms with Gasteiger partial charge in [-0.2, -0.15) is 0 Å². The Labute approximate surface area is 118 Å². The molecule has 0 spiro atoms. The lowest BCUT2D eigenvalue weighted by molar-refractivity contribution is -0.419. The van der Waals surface area contributed by atoms with Crippen molar-refractivity contribution in [1.82, 2.24) is 0 Å². The van der Waals surface area contributed by atoms with Gasteiger partial charge in [0, 0.05) is 6.08 Å². The van der Waals surface area contributed by atoms with Gasteiger partial charge >= 0.3 is 5.97 Å². The zero-order valence-electron chi connectivity index (χ0n) is 11.4. The number of nitrogens with zero attached hydrogens (tertiary/aromatic N) is 1. The summed E-state index contributed by atoms with van der Waals surface area (Å²) in [6.07, 6.45) is 13.9.